The number of nitrogens with one attached hydrogen (secondary N) is 2. The van der Waals surface area contributed by atoms with Gasteiger partial charge in [0.2, 0.25) is 5.91 Å². The van der Waals surface area contributed by atoms with Crippen LogP contribution in [0.3, 0.4) is 0 Å². The molecule has 22 heavy (non-hydrogen) atoms. The van der Waals surface area contributed by atoms with Gasteiger partial charge in [0.05, 0.1) is 5.52 Å². The minimum absolute atomic E-state index is 0.0379. The number of fused-ring (bicyclic) bond motifs is 1. The Kier molecular flexibility index (Phi) is 3.87. The first kappa shape index (κ1) is 14.3. The Morgan fingerprint density at radius 3 is 2.95 bits per heavy atom. The number of carbonyl (C=O) groups excluding carboxylic acids is 1. The molecule has 0 saturated heterocycles. The van der Waals surface area contributed by atoms with Gasteiger partial charge in [0.1, 0.15) is 5.69 Å². The molecule has 0 fully saturated rings. The third kappa shape index (κ3) is 2.70. The Morgan fingerprint density at radius 1 is 1.36 bits per heavy atom. The molecule has 1 aromatic carbocycles. The highest BCUT2D eigenvalue weighted by Gasteiger charge is 2.10. The summed E-state index contributed by atoms with van der Waals surface area (Å²) in [6.45, 7) is 2.07. The topological polar surface area (TPSA) is 70.7 Å². The number of aryl methyl sites for hydroxylation is 2. The lowest BCUT2D eigenvalue weighted by molar-refractivity contribution is -0.120. The molecule has 5 heteroatoms. The number of aromatic nitrogens is 3. The highest BCUT2D eigenvalue weighted by atomic mass is 16.1. The molecule has 112 valence electrons. The normalized spacial score (nSPS) is 10.8. The molecule has 5 nitrogen and oxygen atoms in total. The number of nitrogens with zero attached hydrogens (tertiary/aromatic N) is 2. The van der Waals surface area contributed by atoms with Crippen molar-refractivity contribution >= 4 is 16.8 Å². The van der Waals surface area contributed by atoms with Gasteiger partial charge in [0.15, 0.2) is 5.82 Å². The molecule has 2 N–H and O–H groups in total. The average Bonchev–Trinajstić information content (AvgIpc) is 3.07. The number of imidazole rings is 1. The average molecular weight is 294 g/mol. The molecule has 2 heterocycles. The summed E-state index contributed by atoms with van der Waals surface area (Å²) in [4.78, 5) is 23.6. The highest BCUT2D eigenvalue weighted by Crippen LogP contribution is 2.25. The van der Waals surface area contributed by atoms with E-state index in [1.54, 1.807) is 19.4 Å². The van der Waals surface area contributed by atoms with Gasteiger partial charge in [-0.25, -0.2) is 9.97 Å². The first-order valence-electron chi connectivity index (χ1n) is 7.28. The van der Waals surface area contributed by atoms with Gasteiger partial charge in [0, 0.05) is 31.2 Å². The van der Waals surface area contributed by atoms with Crippen LogP contribution in [-0.2, 0) is 11.2 Å². The molecule has 0 spiro atoms. The maximum absolute atomic E-state index is 11.5. The molecular formula is C17H18N4O. The first-order chi connectivity index (χ1) is 10.7. The summed E-state index contributed by atoms with van der Waals surface area (Å²) in [5.74, 6) is 0.794. The lowest BCUT2D eigenvalue weighted by Gasteiger charge is -2.09. The van der Waals surface area contributed by atoms with E-state index >= 15 is 0 Å². The zero-order chi connectivity index (χ0) is 15.5. The van der Waals surface area contributed by atoms with Gasteiger partial charge >= 0.3 is 0 Å². The number of hydrogen-bond donors (Lipinski definition) is 2. The zero-order valence-corrected chi connectivity index (χ0v) is 12.7. The van der Waals surface area contributed by atoms with Crippen LogP contribution in [0.5, 0.6) is 0 Å². The van der Waals surface area contributed by atoms with Crippen LogP contribution >= 0.6 is 0 Å². The number of carbonyl (C=O) groups is 1. The summed E-state index contributed by atoms with van der Waals surface area (Å²) in [5, 5.41) is 3.77. The largest absolute Gasteiger partial charge is 0.359 e. The molecule has 0 atom stereocenters. The third-order valence-electron chi connectivity index (χ3n) is 3.77. The molecular weight excluding hydrogens is 276 g/mol. The van der Waals surface area contributed by atoms with Gasteiger partial charge in [-0.3, -0.25) is 4.79 Å². The van der Waals surface area contributed by atoms with Crippen LogP contribution in [0, 0.1) is 6.92 Å². The van der Waals surface area contributed by atoms with E-state index in [1.807, 2.05) is 18.2 Å². The van der Waals surface area contributed by atoms with E-state index in [4.69, 9.17) is 4.98 Å². The molecule has 0 unspecified atom stereocenters. The molecule has 0 aliphatic rings. The number of hydrogen-bond acceptors (Lipinski definition) is 3. The van der Waals surface area contributed by atoms with E-state index in [1.165, 1.54) is 0 Å². The van der Waals surface area contributed by atoms with E-state index in [-0.39, 0.29) is 5.91 Å². The quantitative estimate of drug-likeness (QED) is 0.777. The second-order valence-corrected chi connectivity index (χ2v) is 5.25. The monoisotopic (exact) mass is 294 g/mol. The molecule has 1 amide bonds. The fourth-order valence-corrected chi connectivity index (χ4v) is 2.58. The third-order valence-corrected chi connectivity index (χ3v) is 3.77. The number of para-hydroxylation sites is 1. The van der Waals surface area contributed by atoms with E-state index in [9.17, 15) is 4.79 Å². The van der Waals surface area contributed by atoms with Crippen LogP contribution in [0.15, 0.2) is 36.7 Å². The molecule has 3 rings (SSSR count). The van der Waals surface area contributed by atoms with Crippen molar-refractivity contribution in [2.45, 2.75) is 19.8 Å². The van der Waals surface area contributed by atoms with Crippen LogP contribution in [0.4, 0.5) is 0 Å². The van der Waals surface area contributed by atoms with Crippen molar-refractivity contribution in [3.8, 4) is 11.5 Å². The summed E-state index contributed by atoms with van der Waals surface area (Å²) in [7, 11) is 1.66. The molecule has 3 aromatic rings. The minimum Gasteiger partial charge on any atom is -0.359 e. The first-order valence-corrected chi connectivity index (χ1v) is 7.28. The number of benzene rings is 1. The Labute approximate surface area is 128 Å². The summed E-state index contributed by atoms with van der Waals surface area (Å²) in [5.41, 5.74) is 4.00. The summed E-state index contributed by atoms with van der Waals surface area (Å²) >= 11 is 0. The molecule has 0 aliphatic heterocycles. The van der Waals surface area contributed by atoms with E-state index in [0.29, 0.717) is 12.8 Å². The van der Waals surface area contributed by atoms with Gasteiger partial charge in [-0.2, -0.15) is 0 Å². The lowest BCUT2D eigenvalue weighted by atomic mass is 10.0. The zero-order valence-electron chi connectivity index (χ0n) is 12.7. The number of H-pyrrole nitrogens is 1. The van der Waals surface area contributed by atoms with Gasteiger partial charge in [-0.15, -0.1) is 0 Å². The van der Waals surface area contributed by atoms with Crippen molar-refractivity contribution in [3.05, 3.63) is 47.8 Å². The molecule has 0 radical (unpaired) electrons. The predicted octanol–water partition coefficient (Wildman–Crippen LogP) is 2.61. The fourth-order valence-electron chi connectivity index (χ4n) is 2.58. The maximum atomic E-state index is 11.5. The molecule has 0 bridgehead atoms. The number of aromatic amines is 1. The van der Waals surface area contributed by atoms with E-state index in [0.717, 1.165) is 33.5 Å². The second kappa shape index (κ2) is 5.97. The van der Waals surface area contributed by atoms with Crippen molar-refractivity contribution in [1.29, 1.82) is 0 Å². The lowest BCUT2D eigenvalue weighted by Crippen LogP contribution is -2.18. The summed E-state index contributed by atoms with van der Waals surface area (Å²) in [6, 6.07) is 8.14. The van der Waals surface area contributed by atoms with Crippen LogP contribution in [0.2, 0.25) is 0 Å². The maximum Gasteiger partial charge on any atom is 0.220 e. The predicted molar refractivity (Wildman–Crippen MR) is 86.4 cm³/mol. The fraction of sp³-hybridized carbons (Fsp3) is 0.235. The number of amides is 1. The van der Waals surface area contributed by atoms with Crippen LogP contribution < -0.4 is 5.32 Å². The standard InChI is InChI=1S/C17H18N4O/c1-11-10-14(17-19-8-9-20-17)21-16-12(4-3-5-13(11)16)6-7-15(22)18-2/h3-5,8-10H,6-7H2,1-2H3,(H,18,22)(H,19,20). The van der Waals surface area contributed by atoms with Crippen LogP contribution in [0.1, 0.15) is 17.5 Å². The van der Waals surface area contributed by atoms with E-state index < -0.39 is 0 Å². The minimum atomic E-state index is 0.0379. The van der Waals surface area contributed by atoms with Gasteiger partial charge in [-0.05, 0) is 30.5 Å². The van der Waals surface area contributed by atoms with Gasteiger partial charge < -0.3 is 10.3 Å². The highest BCUT2D eigenvalue weighted by molar-refractivity contribution is 5.87. The van der Waals surface area contributed by atoms with Crippen molar-refractivity contribution in [3.63, 3.8) is 0 Å². The summed E-state index contributed by atoms with van der Waals surface area (Å²) in [6.07, 6.45) is 4.63. The number of pyridine rings is 1. The summed E-state index contributed by atoms with van der Waals surface area (Å²) < 4.78 is 0. The molecule has 2 aromatic heterocycles. The Hall–Kier alpha value is -2.69. The smallest absolute Gasteiger partial charge is 0.220 e. The Bertz CT molecular complexity index is 809. The van der Waals surface area contributed by atoms with Crippen molar-refractivity contribution in [2.24, 2.45) is 0 Å². The van der Waals surface area contributed by atoms with Crippen molar-refractivity contribution in [1.82, 2.24) is 20.3 Å². The van der Waals surface area contributed by atoms with Gasteiger partial charge in [0.25, 0.3) is 0 Å². The number of rotatable bonds is 4. The Morgan fingerprint density at radius 2 is 2.23 bits per heavy atom. The van der Waals surface area contributed by atoms with Crippen LogP contribution in [-0.4, -0.2) is 27.9 Å². The molecule has 0 aliphatic carbocycles. The molecule has 0 saturated carbocycles. The van der Waals surface area contributed by atoms with E-state index in [2.05, 4.69) is 28.3 Å². The SMILES string of the molecule is CNC(=O)CCc1cccc2c(C)cc(-c3ncc[nH]3)nc12. The van der Waals surface area contributed by atoms with Crippen LogP contribution in [0.25, 0.3) is 22.4 Å². The second-order valence-electron chi connectivity index (χ2n) is 5.25. The van der Waals surface area contributed by atoms with Crippen molar-refractivity contribution < 1.29 is 4.79 Å². The van der Waals surface area contributed by atoms with Crippen molar-refractivity contribution in [2.75, 3.05) is 7.05 Å². The van der Waals surface area contributed by atoms with Gasteiger partial charge in [-0.1, -0.05) is 18.2 Å². The Balaban J connectivity index is 2.07.